The Balaban J connectivity index is 1.69. The molecule has 0 saturated carbocycles. The Morgan fingerprint density at radius 2 is 2.37 bits per heavy atom. The number of phenolic OH excluding ortho intramolecular Hbond substituents is 1. The number of aromatic hydroxyl groups is 1. The van der Waals surface area contributed by atoms with Crippen molar-refractivity contribution < 1.29 is 9.90 Å². The highest BCUT2D eigenvalue weighted by Gasteiger charge is 2.24. The van der Waals surface area contributed by atoms with Crippen LogP contribution in [0.1, 0.15) is 12.1 Å². The molecule has 1 atom stereocenters. The molecule has 0 bridgehead atoms. The summed E-state index contributed by atoms with van der Waals surface area (Å²) in [7, 11) is 0. The van der Waals surface area contributed by atoms with E-state index in [1.165, 1.54) is 0 Å². The largest absolute Gasteiger partial charge is 0.508 e. The number of benzene rings is 1. The van der Waals surface area contributed by atoms with Crippen molar-refractivity contribution in [3.05, 3.63) is 42.5 Å². The van der Waals surface area contributed by atoms with Crippen LogP contribution in [0.15, 0.2) is 36.8 Å². The third kappa shape index (κ3) is 2.45. The van der Waals surface area contributed by atoms with Gasteiger partial charge in [-0.2, -0.15) is 0 Å². The summed E-state index contributed by atoms with van der Waals surface area (Å²) < 4.78 is 2.08. The number of imidazole rings is 1. The first kappa shape index (κ1) is 11.8. The van der Waals surface area contributed by atoms with E-state index in [4.69, 9.17) is 0 Å². The molecule has 1 aromatic heterocycles. The number of hydrogen-bond donors (Lipinski definition) is 2. The molecule has 1 aliphatic rings. The monoisotopic (exact) mass is 257 g/mol. The summed E-state index contributed by atoms with van der Waals surface area (Å²) in [5.41, 5.74) is 1.73. The number of aromatic nitrogens is 2. The van der Waals surface area contributed by atoms with Crippen LogP contribution in [0, 0.1) is 5.92 Å². The molecular formula is C14H15N3O2. The molecule has 1 unspecified atom stereocenters. The molecule has 2 heterocycles. The van der Waals surface area contributed by atoms with Crippen molar-refractivity contribution >= 4 is 11.6 Å². The minimum atomic E-state index is -0.0356. The van der Waals surface area contributed by atoms with Crippen molar-refractivity contribution in [2.24, 2.45) is 5.92 Å². The van der Waals surface area contributed by atoms with Gasteiger partial charge >= 0.3 is 0 Å². The predicted octanol–water partition coefficient (Wildman–Crippen LogP) is 1.79. The minimum Gasteiger partial charge on any atom is -0.508 e. The summed E-state index contributed by atoms with van der Waals surface area (Å²) in [5.74, 6) is 0.115. The highest BCUT2D eigenvalue weighted by Crippen LogP contribution is 2.22. The summed E-state index contributed by atoms with van der Waals surface area (Å²) in [6.45, 7) is 0.827. The van der Waals surface area contributed by atoms with Crippen LogP contribution < -0.4 is 5.32 Å². The first-order chi connectivity index (χ1) is 9.22. The van der Waals surface area contributed by atoms with Crippen LogP contribution in [-0.2, 0) is 17.8 Å². The van der Waals surface area contributed by atoms with E-state index in [-0.39, 0.29) is 17.6 Å². The summed E-state index contributed by atoms with van der Waals surface area (Å²) in [6, 6.07) is 6.60. The standard InChI is InChI=1S/C14H15N3O2/c18-13-3-1-2-11(7-13)16-14(19)10-4-5-17-9-15-8-12(17)6-10/h1-3,7-10,18H,4-6H2,(H,16,19). The molecule has 5 heteroatoms. The Bertz CT molecular complexity index is 606. The number of carbonyl (C=O) groups excluding carboxylic acids is 1. The Morgan fingerprint density at radius 1 is 1.47 bits per heavy atom. The molecule has 5 nitrogen and oxygen atoms in total. The second-order valence-electron chi connectivity index (χ2n) is 4.81. The van der Waals surface area contributed by atoms with Crippen LogP contribution in [0.5, 0.6) is 5.75 Å². The Labute approximate surface area is 110 Å². The van der Waals surface area contributed by atoms with Gasteiger partial charge in [-0.1, -0.05) is 6.07 Å². The molecule has 0 spiro atoms. The fourth-order valence-electron chi connectivity index (χ4n) is 2.42. The zero-order valence-corrected chi connectivity index (χ0v) is 10.4. The first-order valence-electron chi connectivity index (χ1n) is 6.31. The Kier molecular flexibility index (Phi) is 2.95. The number of aryl methyl sites for hydroxylation is 1. The number of phenols is 1. The lowest BCUT2D eigenvalue weighted by Crippen LogP contribution is -2.29. The second kappa shape index (κ2) is 4.76. The Hall–Kier alpha value is -2.30. The maximum Gasteiger partial charge on any atom is 0.227 e. The van der Waals surface area contributed by atoms with Gasteiger partial charge in [-0.3, -0.25) is 4.79 Å². The van der Waals surface area contributed by atoms with E-state index >= 15 is 0 Å². The molecule has 2 aromatic rings. The lowest BCUT2D eigenvalue weighted by molar-refractivity contribution is -0.120. The number of nitrogens with one attached hydrogen (secondary N) is 1. The van der Waals surface area contributed by atoms with Crippen molar-refractivity contribution in [2.45, 2.75) is 19.4 Å². The zero-order valence-electron chi connectivity index (χ0n) is 10.4. The average Bonchev–Trinajstić information content (AvgIpc) is 2.85. The molecule has 3 rings (SSSR count). The fraction of sp³-hybridized carbons (Fsp3) is 0.286. The third-order valence-corrected chi connectivity index (χ3v) is 3.46. The van der Waals surface area contributed by atoms with Crippen molar-refractivity contribution in [3.63, 3.8) is 0 Å². The second-order valence-corrected chi connectivity index (χ2v) is 4.81. The van der Waals surface area contributed by atoms with Crippen molar-refractivity contribution in [3.8, 4) is 5.75 Å². The van der Waals surface area contributed by atoms with Crippen molar-refractivity contribution in [2.75, 3.05) is 5.32 Å². The summed E-state index contributed by atoms with van der Waals surface area (Å²) >= 11 is 0. The number of rotatable bonds is 2. The number of hydrogen-bond acceptors (Lipinski definition) is 3. The van der Waals surface area contributed by atoms with Gasteiger partial charge in [-0.05, 0) is 18.6 Å². The minimum absolute atomic E-state index is 0.00181. The van der Waals surface area contributed by atoms with Crippen LogP contribution in [-0.4, -0.2) is 20.6 Å². The predicted molar refractivity (Wildman–Crippen MR) is 70.8 cm³/mol. The van der Waals surface area contributed by atoms with Gasteiger partial charge < -0.3 is 15.0 Å². The van der Waals surface area contributed by atoms with Gasteiger partial charge in [0.25, 0.3) is 0 Å². The SMILES string of the molecule is O=C(Nc1cccc(O)c1)C1CCn2cncc2C1. The third-order valence-electron chi connectivity index (χ3n) is 3.46. The molecule has 1 aliphatic heterocycles. The number of amides is 1. The molecule has 0 aliphatic carbocycles. The lowest BCUT2D eigenvalue weighted by Gasteiger charge is -2.22. The smallest absolute Gasteiger partial charge is 0.227 e. The maximum absolute atomic E-state index is 12.2. The van der Waals surface area contributed by atoms with E-state index in [1.54, 1.807) is 30.6 Å². The van der Waals surface area contributed by atoms with E-state index in [1.807, 2.05) is 6.20 Å². The quantitative estimate of drug-likeness (QED) is 0.862. The Morgan fingerprint density at radius 3 is 3.21 bits per heavy atom. The summed E-state index contributed by atoms with van der Waals surface area (Å²) in [5, 5.41) is 12.2. The molecule has 1 amide bonds. The van der Waals surface area contributed by atoms with E-state index in [2.05, 4.69) is 14.9 Å². The van der Waals surface area contributed by atoms with Gasteiger partial charge in [0.1, 0.15) is 5.75 Å². The van der Waals surface area contributed by atoms with Crippen molar-refractivity contribution in [1.29, 1.82) is 0 Å². The van der Waals surface area contributed by atoms with Crippen molar-refractivity contribution in [1.82, 2.24) is 9.55 Å². The van der Waals surface area contributed by atoms with Gasteiger partial charge in [0.05, 0.1) is 6.33 Å². The highest BCUT2D eigenvalue weighted by atomic mass is 16.3. The average molecular weight is 257 g/mol. The lowest BCUT2D eigenvalue weighted by atomic mass is 9.95. The molecule has 1 aromatic carbocycles. The van der Waals surface area contributed by atoms with E-state index in [0.29, 0.717) is 12.1 Å². The summed E-state index contributed by atoms with van der Waals surface area (Å²) in [6.07, 6.45) is 5.14. The van der Waals surface area contributed by atoms with E-state index in [9.17, 15) is 9.90 Å². The number of anilines is 1. The van der Waals surface area contributed by atoms with E-state index < -0.39 is 0 Å². The number of carbonyl (C=O) groups is 1. The van der Waals surface area contributed by atoms with Crippen LogP contribution in [0.3, 0.4) is 0 Å². The molecule has 2 N–H and O–H groups in total. The molecule has 19 heavy (non-hydrogen) atoms. The fourth-order valence-corrected chi connectivity index (χ4v) is 2.42. The van der Waals surface area contributed by atoms with Crippen LogP contribution in [0.25, 0.3) is 0 Å². The topological polar surface area (TPSA) is 67.2 Å². The zero-order chi connectivity index (χ0) is 13.2. The van der Waals surface area contributed by atoms with Crippen LogP contribution in [0.2, 0.25) is 0 Å². The van der Waals surface area contributed by atoms with Crippen LogP contribution in [0.4, 0.5) is 5.69 Å². The van der Waals surface area contributed by atoms with Gasteiger partial charge in [0, 0.05) is 42.5 Å². The van der Waals surface area contributed by atoms with Gasteiger partial charge in [-0.15, -0.1) is 0 Å². The van der Waals surface area contributed by atoms with Gasteiger partial charge in [0.2, 0.25) is 5.91 Å². The van der Waals surface area contributed by atoms with E-state index in [0.717, 1.165) is 18.7 Å². The van der Waals surface area contributed by atoms with Crippen LogP contribution >= 0.6 is 0 Å². The maximum atomic E-state index is 12.2. The first-order valence-corrected chi connectivity index (χ1v) is 6.31. The normalized spacial score (nSPS) is 17.8. The number of nitrogens with zero attached hydrogens (tertiary/aromatic N) is 2. The van der Waals surface area contributed by atoms with Gasteiger partial charge in [0.15, 0.2) is 0 Å². The molecule has 98 valence electrons. The number of fused-ring (bicyclic) bond motifs is 1. The molecular weight excluding hydrogens is 242 g/mol. The molecule has 0 fully saturated rings. The molecule has 0 radical (unpaired) electrons. The van der Waals surface area contributed by atoms with Gasteiger partial charge in [-0.25, -0.2) is 4.98 Å². The summed E-state index contributed by atoms with van der Waals surface area (Å²) in [4.78, 5) is 16.3. The molecule has 0 saturated heterocycles. The highest BCUT2D eigenvalue weighted by molar-refractivity contribution is 5.92.